The van der Waals surface area contributed by atoms with Gasteiger partial charge in [0, 0.05) is 54.1 Å². The van der Waals surface area contributed by atoms with E-state index in [1.54, 1.807) is 35.7 Å². The zero-order valence-electron chi connectivity index (χ0n) is 32.1. The Labute approximate surface area is 352 Å². The summed E-state index contributed by atoms with van der Waals surface area (Å²) in [6, 6.07) is 11.1. The van der Waals surface area contributed by atoms with Crippen LogP contribution in [0.5, 0.6) is 0 Å². The highest BCUT2D eigenvalue weighted by Gasteiger charge is 2.60. The number of carbonyl (C=O) groups is 3. The SMILES string of the molecule is C[C@@H](O)[C@H]1C(=O)N2C(C(=O)OCc3ccc([N+](=O)[O-])cc3)=C(c3cn4c[n+](C)c(S[C@H]5CCN(C(=O)OCc6ccc([N+](=O)[O-])cc6)C5)c4s3)[C@H](C)[C@H]12.O=S(=O)([O-])C(F)(F)F. The number of imidazole rings is 1. The number of benzene rings is 2. The highest BCUT2D eigenvalue weighted by molar-refractivity contribution is 8.00. The third kappa shape index (κ3) is 9.34. The van der Waals surface area contributed by atoms with Crippen LogP contribution in [-0.4, -0.2) is 96.1 Å². The van der Waals surface area contributed by atoms with Gasteiger partial charge in [-0.05, 0) is 48.7 Å². The molecular formula is C36H35F3N6O13S3. The third-order valence-corrected chi connectivity index (χ3v) is 13.4. The van der Waals surface area contributed by atoms with Crippen LogP contribution in [0.15, 0.2) is 71.8 Å². The average Bonchev–Trinajstić information content (AvgIpc) is 3.94. The van der Waals surface area contributed by atoms with Crippen molar-refractivity contribution < 1.29 is 69.5 Å². The molecule has 2 saturated heterocycles. The monoisotopic (exact) mass is 912 g/mol. The van der Waals surface area contributed by atoms with E-state index >= 15 is 0 Å². The molecule has 0 bridgehead atoms. The van der Waals surface area contributed by atoms with E-state index in [0.717, 1.165) is 21.2 Å². The van der Waals surface area contributed by atoms with Gasteiger partial charge in [0.15, 0.2) is 10.1 Å². The largest absolute Gasteiger partial charge is 0.741 e. The molecule has 3 aliphatic heterocycles. The number of aliphatic hydroxyl groups is 1. The first-order valence-corrected chi connectivity index (χ1v) is 21.2. The number of β-lactam (4-membered cyclic amide) rings is 1. The van der Waals surface area contributed by atoms with Gasteiger partial charge in [0.2, 0.25) is 22.1 Å². The lowest BCUT2D eigenvalue weighted by molar-refractivity contribution is -0.705. The second-order valence-corrected chi connectivity index (χ2v) is 17.9. The Kier molecular flexibility index (Phi) is 12.8. The van der Waals surface area contributed by atoms with Gasteiger partial charge in [-0.25, -0.2) is 22.6 Å². The number of aliphatic hydroxyl groups excluding tert-OH is 1. The van der Waals surface area contributed by atoms with E-state index < -0.39 is 55.6 Å². The van der Waals surface area contributed by atoms with Gasteiger partial charge < -0.3 is 28.9 Å². The number of amides is 2. The lowest BCUT2D eigenvalue weighted by Gasteiger charge is -2.46. The van der Waals surface area contributed by atoms with E-state index in [2.05, 4.69) is 0 Å². The summed E-state index contributed by atoms with van der Waals surface area (Å²) < 4.78 is 74.0. The molecule has 25 heteroatoms. The van der Waals surface area contributed by atoms with Crippen LogP contribution in [0.3, 0.4) is 0 Å². The highest BCUT2D eigenvalue weighted by atomic mass is 32.2. The van der Waals surface area contributed by atoms with Crippen molar-refractivity contribution in [1.29, 1.82) is 0 Å². The number of rotatable bonds is 11. The molecule has 0 saturated carbocycles. The number of thioether (sulfide) groups is 1. The molecule has 7 rings (SSSR count). The molecule has 2 aromatic heterocycles. The number of aryl methyl sites for hydroxylation is 1. The number of hydrogen-bond acceptors (Lipinski definition) is 15. The first-order valence-electron chi connectivity index (χ1n) is 18.1. The van der Waals surface area contributed by atoms with Gasteiger partial charge in [0.25, 0.3) is 11.4 Å². The maximum absolute atomic E-state index is 13.8. The van der Waals surface area contributed by atoms with Crippen LogP contribution in [0.25, 0.3) is 10.4 Å². The molecule has 5 atom stereocenters. The number of ether oxygens (including phenoxy) is 2. The van der Waals surface area contributed by atoms with Crippen molar-refractivity contribution in [3.05, 3.63) is 103 Å². The summed E-state index contributed by atoms with van der Waals surface area (Å²) in [5.41, 5.74) is -3.79. The second-order valence-electron chi connectivity index (χ2n) is 14.2. The van der Waals surface area contributed by atoms with Gasteiger partial charge in [0.05, 0.1) is 39.8 Å². The number of nitro benzene ring substituents is 2. The molecule has 326 valence electrons. The minimum Gasteiger partial charge on any atom is -0.741 e. The lowest BCUT2D eigenvalue weighted by Crippen LogP contribution is -2.63. The molecule has 2 amide bonds. The lowest BCUT2D eigenvalue weighted by atomic mass is 9.77. The quantitative estimate of drug-likeness (QED) is 0.0414. The molecule has 5 heterocycles. The number of hydrogen-bond donors (Lipinski definition) is 1. The number of non-ortho nitro benzene ring substituents is 2. The van der Waals surface area contributed by atoms with Crippen LogP contribution in [0.1, 0.15) is 36.3 Å². The van der Waals surface area contributed by atoms with E-state index in [4.69, 9.17) is 22.4 Å². The van der Waals surface area contributed by atoms with Crippen molar-refractivity contribution in [1.82, 2.24) is 14.2 Å². The number of aromatic nitrogens is 2. The van der Waals surface area contributed by atoms with Gasteiger partial charge in [-0.2, -0.15) is 17.6 Å². The Morgan fingerprint density at radius 1 is 1.03 bits per heavy atom. The molecule has 2 aromatic carbocycles. The number of nitro groups is 2. The van der Waals surface area contributed by atoms with Crippen LogP contribution in [0, 0.1) is 32.1 Å². The minimum atomic E-state index is -6.09. The molecule has 0 unspecified atom stereocenters. The fraction of sp³-hybridized carbons (Fsp3) is 0.389. The molecule has 4 aromatic rings. The summed E-state index contributed by atoms with van der Waals surface area (Å²) >= 11 is 3.11. The molecule has 61 heavy (non-hydrogen) atoms. The predicted molar refractivity (Wildman–Crippen MR) is 206 cm³/mol. The number of alkyl halides is 3. The van der Waals surface area contributed by atoms with E-state index in [1.165, 1.54) is 52.6 Å². The summed E-state index contributed by atoms with van der Waals surface area (Å²) in [5, 5.41) is 33.5. The van der Waals surface area contributed by atoms with Crippen molar-refractivity contribution in [2.75, 3.05) is 13.1 Å². The Hall–Kier alpha value is -5.63. The first-order chi connectivity index (χ1) is 28.6. The van der Waals surface area contributed by atoms with E-state index in [9.17, 15) is 52.9 Å². The Morgan fingerprint density at radius 3 is 2.08 bits per heavy atom. The minimum absolute atomic E-state index is 0.000870. The van der Waals surface area contributed by atoms with Gasteiger partial charge in [0.1, 0.15) is 25.1 Å². The second kappa shape index (κ2) is 17.4. The van der Waals surface area contributed by atoms with Gasteiger partial charge in [-0.1, -0.05) is 30.0 Å². The summed E-state index contributed by atoms with van der Waals surface area (Å²) in [5.74, 6) is -2.00. The number of halogens is 3. The smallest absolute Gasteiger partial charge is 0.485 e. The maximum Gasteiger partial charge on any atom is 0.485 e. The highest BCUT2D eigenvalue weighted by Crippen LogP contribution is 2.52. The van der Waals surface area contributed by atoms with Gasteiger partial charge in [-0.3, -0.25) is 25.0 Å². The summed E-state index contributed by atoms with van der Waals surface area (Å²) in [4.78, 5) is 65.7. The summed E-state index contributed by atoms with van der Waals surface area (Å²) in [7, 11) is -4.16. The van der Waals surface area contributed by atoms with Crippen LogP contribution < -0.4 is 4.57 Å². The third-order valence-electron chi connectivity index (χ3n) is 10.1. The fourth-order valence-electron chi connectivity index (χ4n) is 7.17. The first kappa shape index (κ1) is 44.9. The van der Waals surface area contributed by atoms with Crippen molar-refractivity contribution in [2.45, 2.75) is 61.4 Å². The van der Waals surface area contributed by atoms with Crippen LogP contribution in [0.4, 0.5) is 29.3 Å². The molecule has 19 nitrogen and oxygen atoms in total. The standard InChI is InChI=1S/C35H35N6O10S2.CHF3O3S/c1-19-27(30(39-29(19)28(20(2)42)31(39)43)34(44)50-16-21-4-8-23(9-5-21)40(46)47)26-15-38-18-36(3)32(33(38)53-26)52-25-12-13-37(14-25)35(45)51-17-22-6-10-24(11-7-22)41(48)49;2-1(3,4)8(5,6)7/h4-11,15,18-20,25,28-29,42H,12-14,16-17H2,1-3H3;(H,5,6,7)/q+1;/p-1/t19-,20+,25-,28+,29+;/m0./s1. The van der Waals surface area contributed by atoms with Crippen molar-refractivity contribution in [3.63, 3.8) is 0 Å². The van der Waals surface area contributed by atoms with Crippen LogP contribution in [-0.2, 0) is 49.4 Å². The van der Waals surface area contributed by atoms with Crippen LogP contribution in [0.2, 0.25) is 0 Å². The van der Waals surface area contributed by atoms with E-state index in [0.29, 0.717) is 29.8 Å². The zero-order valence-corrected chi connectivity index (χ0v) is 34.5. The van der Waals surface area contributed by atoms with Crippen LogP contribution >= 0.6 is 23.1 Å². The Morgan fingerprint density at radius 2 is 1.57 bits per heavy atom. The summed E-state index contributed by atoms with van der Waals surface area (Å²) in [6.45, 7) is 4.33. The van der Waals surface area contributed by atoms with Crippen molar-refractivity contribution >= 4 is 73.0 Å². The van der Waals surface area contributed by atoms with Gasteiger partial charge >= 0.3 is 17.6 Å². The maximum atomic E-state index is 13.8. The zero-order chi connectivity index (χ0) is 44.7. The normalized spacial score (nSPS) is 20.5. The fourth-order valence-corrected chi connectivity index (χ4v) is 9.85. The number of carbonyl (C=O) groups excluding carboxylic acids is 3. The molecule has 0 radical (unpaired) electrons. The van der Waals surface area contributed by atoms with Gasteiger partial charge in [-0.15, -0.1) is 0 Å². The molecule has 0 aliphatic carbocycles. The number of fused-ring (bicyclic) bond motifs is 2. The van der Waals surface area contributed by atoms with E-state index in [-0.39, 0.29) is 47.4 Å². The number of likely N-dealkylation sites (tertiary alicyclic amines) is 1. The molecule has 0 spiro atoms. The van der Waals surface area contributed by atoms with E-state index in [1.807, 2.05) is 35.5 Å². The molecular weight excluding hydrogens is 878 g/mol. The molecule has 3 aliphatic rings. The van der Waals surface area contributed by atoms with Crippen molar-refractivity contribution in [2.24, 2.45) is 18.9 Å². The molecule has 2 fully saturated rings. The average molecular weight is 913 g/mol. The number of esters is 1. The van der Waals surface area contributed by atoms with Crippen molar-refractivity contribution in [3.8, 4) is 0 Å². The predicted octanol–water partition coefficient (Wildman–Crippen LogP) is 4.51. The number of nitrogens with zero attached hydrogens (tertiary/aromatic N) is 6. The topological polar surface area (TPSA) is 248 Å². The summed E-state index contributed by atoms with van der Waals surface area (Å²) in [6.07, 6.45) is 3.22. The molecule has 1 N–H and O–H groups in total. The Bertz CT molecular complexity index is 2530. The Balaban J connectivity index is 0.000000708. The number of thiazole rings is 1.